The number of nitrogens with zero attached hydrogens (tertiary/aromatic N) is 2. The highest BCUT2D eigenvalue weighted by molar-refractivity contribution is 5.47. The van der Waals surface area contributed by atoms with Crippen LogP contribution >= 0.6 is 0 Å². The van der Waals surface area contributed by atoms with Gasteiger partial charge in [0.1, 0.15) is 11.5 Å². The minimum absolute atomic E-state index is 0.00347. The van der Waals surface area contributed by atoms with Crippen molar-refractivity contribution in [3.63, 3.8) is 0 Å². The Morgan fingerprint density at radius 3 is 2.38 bits per heavy atom. The van der Waals surface area contributed by atoms with Crippen molar-refractivity contribution in [2.24, 2.45) is 7.05 Å². The van der Waals surface area contributed by atoms with Gasteiger partial charge in [0.15, 0.2) is 0 Å². The third kappa shape index (κ3) is 2.74. The second kappa shape index (κ2) is 6.18. The number of aromatic nitrogens is 2. The van der Waals surface area contributed by atoms with E-state index in [1.807, 2.05) is 43.9 Å². The molecular weight excluding hydrogens is 266 g/mol. The quantitative estimate of drug-likeness (QED) is 0.918. The molecule has 1 aromatic heterocycles. The highest BCUT2D eigenvalue weighted by Gasteiger charge is 2.23. The highest BCUT2D eigenvalue weighted by Crippen LogP contribution is 2.35. The largest absolute Gasteiger partial charge is 0.497 e. The molecule has 21 heavy (non-hydrogen) atoms. The number of hydrogen-bond donors (Lipinski definition) is 1. The molecule has 1 unspecified atom stereocenters. The van der Waals surface area contributed by atoms with Crippen molar-refractivity contribution < 1.29 is 9.47 Å². The molecule has 1 N–H and O–H groups in total. The third-order valence-corrected chi connectivity index (χ3v) is 3.89. The molecule has 0 saturated heterocycles. The second-order valence-corrected chi connectivity index (χ2v) is 5.04. The Morgan fingerprint density at radius 1 is 1.19 bits per heavy atom. The lowest BCUT2D eigenvalue weighted by atomic mass is 9.96. The topological polar surface area (TPSA) is 48.3 Å². The molecule has 2 aromatic rings. The summed E-state index contributed by atoms with van der Waals surface area (Å²) in [7, 11) is 7.25. The average molecular weight is 289 g/mol. The van der Waals surface area contributed by atoms with E-state index in [4.69, 9.17) is 9.47 Å². The minimum atomic E-state index is 0.00347. The third-order valence-electron chi connectivity index (χ3n) is 3.89. The summed E-state index contributed by atoms with van der Waals surface area (Å²) in [6.07, 6.45) is 0. The summed E-state index contributed by atoms with van der Waals surface area (Å²) in [5.41, 5.74) is 4.36. The molecule has 1 heterocycles. The predicted molar refractivity (Wildman–Crippen MR) is 83.1 cm³/mol. The van der Waals surface area contributed by atoms with Crippen LogP contribution in [0.3, 0.4) is 0 Å². The van der Waals surface area contributed by atoms with E-state index < -0.39 is 0 Å². The monoisotopic (exact) mass is 289 g/mol. The van der Waals surface area contributed by atoms with Crippen LogP contribution in [0.4, 0.5) is 0 Å². The first-order valence-electron chi connectivity index (χ1n) is 6.92. The van der Waals surface area contributed by atoms with Crippen molar-refractivity contribution in [2.45, 2.75) is 19.9 Å². The van der Waals surface area contributed by atoms with Crippen LogP contribution in [0.1, 0.15) is 28.6 Å². The maximum Gasteiger partial charge on any atom is 0.124 e. The molecule has 0 bridgehead atoms. The Morgan fingerprint density at radius 2 is 1.90 bits per heavy atom. The Kier molecular flexibility index (Phi) is 4.53. The summed E-state index contributed by atoms with van der Waals surface area (Å²) in [6, 6.07) is 5.84. The summed E-state index contributed by atoms with van der Waals surface area (Å²) >= 11 is 0. The van der Waals surface area contributed by atoms with E-state index in [1.54, 1.807) is 14.2 Å². The van der Waals surface area contributed by atoms with E-state index >= 15 is 0 Å². The van der Waals surface area contributed by atoms with Crippen molar-refractivity contribution in [1.82, 2.24) is 15.1 Å². The molecule has 5 nitrogen and oxygen atoms in total. The molecule has 0 saturated carbocycles. The van der Waals surface area contributed by atoms with Crippen LogP contribution in [0, 0.1) is 13.8 Å². The molecule has 1 atom stereocenters. The number of aryl methyl sites for hydroxylation is 2. The van der Waals surface area contributed by atoms with E-state index in [0.717, 1.165) is 28.5 Å². The molecule has 5 heteroatoms. The molecule has 0 aliphatic carbocycles. The van der Waals surface area contributed by atoms with Crippen molar-refractivity contribution in [3.05, 3.63) is 40.7 Å². The molecule has 114 valence electrons. The fourth-order valence-corrected chi connectivity index (χ4v) is 2.73. The van der Waals surface area contributed by atoms with Gasteiger partial charge in [-0.15, -0.1) is 0 Å². The van der Waals surface area contributed by atoms with Gasteiger partial charge < -0.3 is 14.8 Å². The summed E-state index contributed by atoms with van der Waals surface area (Å²) in [5, 5.41) is 7.87. The molecular formula is C16H23N3O2. The molecule has 1 aromatic carbocycles. The first kappa shape index (κ1) is 15.4. The maximum atomic E-state index is 5.51. The Bertz CT molecular complexity index is 635. The Hall–Kier alpha value is -2.01. The smallest absolute Gasteiger partial charge is 0.124 e. The van der Waals surface area contributed by atoms with Gasteiger partial charge in [-0.25, -0.2) is 0 Å². The van der Waals surface area contributed by atoms with E-state index in [9.17, 15) is 0 Å². The fraction of sp³-hybridized carbons (Fsp3) is 0.438. The van der Waals surface area contributed by atoms with Crippen LogP contribution in [-0.2, 0) is 7.05 Å². The maximum absolute atomic E-state index is 5.51. The van der Waals surface area contributed by atoms with Gasteiger partial charge in [0, 0.05) is 23.9 Å². The molecule has 0 fully saturated rings. The normalized spacial score (nSPS) is 12.3. The van der Waals surface area contributed by atoms with Crippen molar-refractivity contribution >= 4 is 0 Å². The van der Waals surface area contributed by atoms with Gasteiger partial charge in [-0.1, -0.05) is 0 Å². The van der Waals surface area contributed by atoms with Gasteiger partial charge in [-0.2, -0.15) is 5.10 Å². The fourth-order valence-electron chi connectivity index (χ4n) is 2.73. The van der Waals surface area contributed by atoms with E-state index in [2.05, 4.69) is 17.3 Å². The zero-order chi connectivity index (χ0) is 15.6. The lowest BCUT2D eigenvalue weighted by Gasteiger charge is -2.21. The van der Waals surface area contributed by atoms with E-state index in [1.165, 1.54) is 5.56 Å². The zero-order valence-electron chi connectivity index (χ0n) is 13.5. The van der Waals surface area contributed by atoms with Crippen LogP contribution < -0.4 is 14.8 Å². The number of nitrogens with one attached hydrogen (secondary N) is 1. The van der Waals surface area contributed by atoms with Crippen molar-refractivity contribution in [1.29, 1.82) is 0 Å². The average Bonchev–Trinajstić information content (AvgIpc) is 2.74. The Balaban J connectivity index is 2.60. The minimum Gasteiger partial charge on any atom is -0.497 e. The van der Waals surface area contributed by atoms with Crippen LogP contribution in [0.5, 0.6) is 11.5 Å². The lowest BCUT2D eigenvalue weighted by molar-refractivity contribution is 0.395. The number of hydrogen-bond acceptors (Lipinski definition) is 4. The second-order valence-electron chi connectivity index (χ2n) is 5.04. The van der Waals surface area contributed by atoms with Gasteiger partial charge in [-0.05, 0) is 39.1 Å². The molecule has 2 rings (SSSR count). The number of benzene rings is 1. The first-order valence-corrected chi connectivity index (χ1v) is 6.92. The number of rotatable bonds is 5. The summed E-state index contributed by atoms with van der Waals surface area (Å²) in [5.74, 6) is 1.64. The highest BCUT2D eigenvalue weighted by atomic mass is 16.5. The number of ether oxygens (including phenoxy) is 2. The van der Waals surface area contributed by atoms with E-state index in [-0.39, 0.29) is 6.04 Å². The van der Waals surface area contributed by atoms with Crippen LogP contribution in [0.15, 0.2) is 18.2 Å². The lowest BCUT2D eigenvalue weighted by Crippen LogP contribution is -2.20. The van der Waals surface area contributed by atoms with Crippen molar-refractivity contribution in [2.75, 3.05) is 21.3 Å². The zero-order valence-corrected chi connectivity index (χ0v) is 13.5. The summed E-state index contributed by atoms with van der Waals surface area (Å²) < 4.78 is 12.8. The number of methoxy groups -OCH3 is 2. The summed E-state index contributed by atoms with van der Waals surface area (Å²) in [6.45, 7) is 4.10. The standard InChI is InChI=1S/C16H23N3O2/c1-10-15(11(2)19(4)18-10)16(17-3)13-9-12(20-5)7-8-14(13)21-6/h7-9,16-17H,1-6H3. The van der Waals surface area contributed by atoms with Gasteiger partial charge in [0.05, 0.1) is 26.0 Å². The predicted octanol–water partition coefficient (Wildman–Crippen LogP) is 2.36. The molecule has 0 aliphatic rings. The van der Waals surface area contributed by atoms with E-state index in [0.29, 0.717) is 0 Å². The van der Waals surface area contributed by atoms with Crippen LogP contribution in [-0.4, -0.2) is 31.0 Å². The summed E-state index contributed by atoms with van der Waals surface area (Å²) in [4.78, 5) is 0. The van der Waals surface area contributed by atoms with Crippen LogP contribution in [0.25, 0.3) is 0 Å². The SMILES string of the molecule is CNC(c1cc(OC)ccc1OC)c1c(C)nn(C)c1C. The molecule has 0 aliphatic heterocycles. The molecule has 0 amide bonds. The van der Waals surface area contributed by atoms with Crippen molar-refractivity contribution in [3.8, 4) is 11.5 Å². The Labute approximate surface area is 125 Å². The first-order chi connectivity index (χ1) is 10.0. The van der Waals surface area contributed by atoms with Gasteiger partial charge in [0.2, 0.25) is 0 Å². The van der Waals surface area contributed by atoms with Gasteiger partial charge in [0.25, 0.3) is 0 Å². The molecule has 0 radical (unpaired) electrons. The molecule has 0 spiro atoms. The van der Waals surface area contributed by atoms with Crippen LogP contribution in [0.2, 0.25) is 0 Å². The van der Waals surface area contributed by atoms with Gasteiger partial charge >= 0.3 is 0 Å². The van der Waals surface area contributed by atoms with Gasteiger partial charge in [-0.3, -0.25) is 4.68 Å².